The number of hydrogen-bond acceptors (Lipinski definition) is 4. The Bertz CT molecular complexity index is 747. The molecule has 0 aliphatic heterocycles. The van der Waals surface area contributed by atoms with E-state index in [1.807, 2.05) is 32.0 Å². The highest BCUT2D eigenvalue weighted by atomic mass is 16.3. The van der Waals surface area contributed by atoms with Gasteiger partial charge in [0.1, 0.15) is 23.1 Å². The van der Waals surface area contributed by atoms with E-state index in [1.54, 1.807) is 17.9 Å². The highest BCUT2D eigenvalue weighted by Gasteiger charge is 2.15. The fourth-order valence-electron chi connectivity index (χ4n) is 2.00. The number of rotatable bonds is 5. The van der Waals surface area contributed by atoms with Gasteiger partial charge in [0.05, 0.1) is 0 Å². The predicted molar refractivity (Wildman–Crippen MR) is 82.5 cm³/mol. The van der Waals surface area contributed by atoms with Gasteiger partial charge < -0.3 is 9.73 Å². The van der Waals surface area contributed by atoms with Gasteiger partial charge in [-0.2, -0.15) is 10.4 Å². The van der Waals surface area contributed by atoms with Crippen LogP contribution < -0.4 is 5.32 Å². The van der Waals surface area contributed by atoms with Crippen LogP contribution in [0.3, 0.4) is 0 Å². The van der Waals surface area contributed by atoms with Gasteiger partial charge in [-0.3, -0.25) is 9.48 Å². The number of amides is 1. The Labute approximate surface area is 129 Å². The number of aromatic nitrogens is 2. The van der Waals surface area contributed by atoms with Crippen LogP contribution in [0.25, 0.3) is 17.5 Å². The standard InChI is InChI=1S/C16H18N4O2/c1-4-7-18-16(21)12(9-17)8-13-10-20(3)19-15(13)14-6-5-11(2)22-14/h5-6,8,10H,4,7H2,1-3H3,(H,18,21)/b12-8+. The van der Waals surface area contributed by atoms with Crippen molar-refractivity contribution in [2.75, 3.05) is 6.54 Å². The van der Waals surface area contributed by atoms with E-state index >= 15 is 0 Å². The van der Waals surface area contributed by atoms with Crippen molar-refractivity contribution in [1.29, 1.82) is 5.26 Å². The molecule has 0 aliphatic rings. The molecular weight excluding hydrogens is 280 g/mol. The number of carbonyl (C=O) groups is 1. The van der Waals surface area contributed by atoms with E-state index in [4.69, 9.17) is 4.42 Å². The molecule has 2 aromatic rings. The topological polar surface area (TPSA) is 83.9 Å². The van der Waals surface area contributed by atoms with Crippen LogP contribution in [0.4, 0.5) is 0 Å². The molecule has 0 saturated heterocycles. The first kappa shape index (κ1) is 15.6. The van der Waals surface area contributed by atoms with Crippen LogP contribution in [0.2, 0.25) is 0 Å². The van der Waals surface area contributed by atoms with Crippen molar-refractivity contribution in [2.24, 2.45) is 7.05 Å². The number of nitrogens with zero attached hydrogens (tertiary/aromatic N) is 3. The lowest BCUT2D eigenvalue weighted by Crippen LogP contribution is -2.25. The largest absolute Gasteiger partial charge is 0.460 e. The first-order valence-electron chi connectivity index (χ1n) is 7.05. The van der Waals surface area contributed by atoms with Gasteiger partial charge in [-0.1, -0.05) is 6.92 Å². The summed E-state index contributed by atoms with van der Waals surface area (Å²) in [5.41, 5.74) is 1.32. The van der Waals surface area contributed by atoms with Crippen LogP contribution in [-0.4, -0.2) is 22.2 Å². The van der Waals surface area contributed by atoms with E-state index in [2.05, 4.69) is 10.4 Å². The Morgan fingerprint density at radius 3 is 2.91 bits per heavy atom. The highest BCUT2D eigenvalue weighted by Crippen LogP contribution is 2.25. The number of hydrogen-bond donors (Lipinski definition) is 1. The van der Waals surface area contributed by atoms with Gasteiger partial charge in [-0.05, 0) is 31.6 Å². The van der Waals surface area contributed by atoms with Crippen LogP contribution in [0.5, 0.6) is 0 Å². The van der Waals surface area contributed by atoms with Gasteiger partial charge in [-0.25, -0.2) is 0 Å². The van der Waals surface area contributed by atoms with Crippen molar-refractivity contribution in [1.82, 2.24) is 15.1 Å². The minimum absolute atomic E-state index is 0.0472. The van der Waals surface area contributed by atoms with Gasteiger partial charge in [0.15, 0.2) is 5.76 Å². The van der Waals surface area contributed by atoms with E-state index < -0.39 is 0 Å². The molecule has 0 aromatic carbocycles. The van der Waals surface area contributed by atoms with Gasteiger partial charge in [0, 0.05) is 25.4 Å². The van der Waals surface area contributed by atoms with Gasteiger partial charge in [0.2, 0.25) is 0 Å². The third-order valence-corrected chi connectivity index (χ3v) is 3.03. The highest BCUT2D eigenvalue weighted by molar-refractivity contribution is 6.02. The molecule has 0 saturated carbocycles. The fourth-order valence-corrected chi connectivity index (χ4v) is 2.00. The Morgan fingerprint density at radius 2 is 2.32 bits per heavy atom. The zero-order valence-electron chi connectivity index (χ0n) is 12.9. The molecule has 2 heterocycles. The van der Waals surface area contributed by atoms with Crippen LogP contribution in [0, 0.1) is 18.3 Å². The van der Waals surface area contributed by atoms with Crippen molar-refractivity contribution < 1.29 is 9.21 Å². The summed E-state index contributed by atoms with van der Waals surface area (Å²) < 4.78 is 7.20. The van der Waals surface area contributed by atoms with Crippen molar-refractivity contribution in [2.45, 2.75) is 20.3 Å². The minimum Gasteiger partial charge on any atom is -0.460 e. The molecule has 6 nitrogen and oxygen atoms in total. The Balaban J connectivity index is 2.38. The molecule has 0 spiro atoms. The van der Waals surface area contributed by atoms with E-state index in [1.165, 1.54) is 6.08 Å². The van der Waals surface area contributed by atoms with Crippen molar-refractivity contribution in [3.63, 3.8) is 0 Å². The molecule has 0 radical (unpaired) electrons. The minimum atomic E-state index is -0.380. The lowest BCUT2D eigenvalue weighted by molar-refractivity contribution is -0.117. The molecular formula is C16H18N4O2. The third-order valence-electron chi connectivity index (χ3n) is 3.03. The van der Waals surface area contributed by atoms with Gasteiger partial charge in [-0.15, -0.1) is 0 Å². The predicted octanol–water partition coefficient (Wildman–Crippen LogP) is 2.42. The number of nitriles is 1. The van der Waals surface area contributed by atoms with E-state index in [0.29, 0.717) is 23.6 Å². The summed E-state index contributed by atoms with van der Waals surface area (Å²) in [5, 5.41) is 16.2. The summed E-state index contributed by atoms with van der Waals surface area (Å²) in [7, 11) is 1.78. The molecule has 0 aliphatic carbocycles. The lowest BCUT2D eigenvalue weighted by atomic mass is 10.1. The second kappa shape index (κ2) is 6.76. The Kier molecular flexibility index (Phi) is 4.79. The molecule has 0 atom stereocenters. The van der Waals surface area contributed by atoms with E-state index in [-0.39, 0.29) is 11.5 Å². The zero-order valence-corrected chi connectivity index (χ0v) is 12.9. The first-order chi connectivity index (χ1) is 10.5. The maximum Gasteiger partial charge on any atom is 0.261 e. The third kappa shape index (κ3) is 3.44. The molecule has 0 unspecified atom stereocenters. The number of furan rings is 1. The smallest absolute Gasteiger partial charge is 0.261 e. The average molecular weight is 298 g/mol. The quantitative estimate of drug-likeness (QED) is 0.678. The van der Waals surface area contributed by atoms with Gasteiger partial charge in [0.25, 0.3) is 5.91 Å². The summed E-state index contributed by atoms with van der Waals surface area (Å²) >= 11 is 0. The lowest BCUT2D eigenvalue weighted by Gasteiger charge is -2.01. The maximum atomic E-state index is 11.9. The summed E-state index contributed by atoms with van der Waals surface area (Å²) in [6, 6.07) is 5.60. The molecule has 114 valence electrons. The SMILES string of the molecule is CCCNC(=O)/C(C#N)=C/c1cn(C)nc1-c1ccc(C)o1. The van der Waals surface area contributed by atoms with Crippen LogP contribution in [0.15, 0.2) is 28.3 Å². The molecule has 2 aromatic heterocycles. The van der Waals surface area contributed by atoms with Crippen molar-refractivity contribution >= 4 is 12.0 Å². The maximum absolute atomic E-state index is 11.9. The number of aryl methyl sites for hydroxylation is 2. The Hall–Kier alpha value is -2.81. The average Bonchev–Trinajstić information content (AvgIpc) is 3.07. The van der Waals surface area contributed by atoms with Crippen LogP contribution >= 0.6 is 0 Å². The van der Waals surface area contributed by atoms with E-state index in [0.717, 1.165) is 12.2 Å². The summed E-state index contributed by atoms with van der Waals surface area (Å²) in [6.45, 7) is 4.34. The van der Waals surface area contributed by atoms with Crippen LogP contribution in [-0.2, 0) is 11.8 Å². The molecule has 0 fully saturated rings. The second-order valence-electron chi connectivity index (χ2n) is 4.94. The second-order valence-corrected chi connectivity index (χ2v) is 4.94. The molecule has 22 heavy (non-hydrogen) atoms. The van der Waals surface area contributed by atoms with Gasteiger partial charge >= 0.3 is 0 Å². The molecule has 6 heteroatoms. The fraction of sp³-hybridized carbons (Fsp3) is 0.312. The molecule has 2 rings (SSSR count). The van der Waals surface area contributed by atoms with E-state index in [9.17, 15) is 10.1 Å². The molecule has 1 amide bonds. The molecule has 1 N–H and O–H groups in total. The Morgan fingerprint density at radius 1 is 1.55 bits per heavy atom. The summed E-state index contributed by atoms with van der Waals surface area (Å²) in [6.07, 6.45) is 4.09. The van der Waals surface area contributed by atoms with Crippen molar-refractivity contribution in [3.05, 3.63) is 35.2 Å². The summed E-state index contributed by atoms with van der Waals surface area (Å²) in [4.78, 5) is 11.9. The normalized spacial score (nSPS) is 11.3. The number of nitrogens with one attached hydrogen (secondary N) is 1. The molecule has 0 bridgehead atoms. The zero-order chi connectivity index (χ0) is 16.1. The number of carbonyl (C=O) groups excluding carboxylic acids is 1. The van der Waals surface area contributed by atoms with Crippen molar-refractivity contribution in [3.8, 4) is 17.5 Å². The summed E-state index contributed by atoms with van der Waals surface area (Å²) in [5.74, 6) is 1.00. The monoisotopic (exact) mass is 298 g/mol. The first-order valence-corrected chi connectivity index (χ1v) is 7.05. The van der Waals surface area contributed by atoms with Crippen LogP contribution in [0.1, 0.15) is 24.7 Å².